The lowest BCUT2D eigenvalue weighted by Crippen LogP contribution is -2.18. The van der Waals surface area contributed by atoms with Crippen molar-refractivity contribution in [2.45, 2.75) is 21.6 Å². The maximum absolute atomic E-state index is 11.8. The van der Waals surface area contributed by atoms with E-state index in [9.17, 15) is 8.42 Å². The first-order valence-corrected chi connectivity index (χ1v) is 9.47. The second kappa shape index (κ2) is 6.32. The molecule has 0 aliphatic carbocycles. The molecule has 3 rings (SSSR count). The Kier molecular flexibility index (Phi) is 4.37. The van der Waals surface area contributed by atoms with E-state index in [1.54, 1.807) is 42.1 Å². The van der Waals surface area contributed by atoms with Crippen molar-refractivity contribution in [2.24, 2.45) is 0 Å². The van der Waals surface area contributed by atoms with E-state index in [1.165, 1.54) is 7.05 Å². The number of hydrogen-bond acceptors (Lipinski definition) is 4. The summed E-state index contributed by atoms with van der Waals surface area (Å²) in [5.41, 5.74) is 2.67. The van der Waals surface area contributed by atoms with E-state index in [0.717, 1.165) is 20.9 Å². The molecule has 0 spiro atoms. The summed E-state index contributed by atoms with van der Waals surface area (Å²) in [4.78, 5) is 2.22. The Bertz CT molecular complexity index is 1050. The van der Waals surface area contributed by atoms with Crippen molar-refractivity contribution in [3.05, 3.63) is 59.9 Å². The number of sulfonamides is 1. The van der Waals surface area contributed by atoms with Gasteiger partial charge in [0.2, 0.25) is 10.0 Å². The molecule has 5 nitrogen and oxygen atoms in total. The standard InChI is InChI=1S/C17H15N3O2S2/c1-12-11-20-8-7-13(10-18)9-16(20)17(12)23-14-3-5-15(6-4-14)24(21,22)19-2/h3-9,11,19H,1-2H3. The monoisotopic (exact) mass is 357 g/mol. The van der Waals surface area contributed by atoms with Crippen LogP contribution in [0.4, 0.5) is 0 Å². The van der Waals surface area contributed by atoms with Crippen LogP contribution in [0.25, 0.3) is 5.52 Å². The van der Waals surface area contributed by atoms with Gasteiger partial charge in [-0.25, -0.2) is 13.1 Å². The Labute approximate surface area is 145 Å². The molecule has 0 fully saturated rings. The van der Waals surface area contributed by atoms with E-state index < -0.39 is 10.0 Å². The van der Waals surface area contributed by atoms with E-state index in [-0.39, 0.29) is 4.90 Å². The van der Waals surface area contributed by atoms with Gasteiger partial charge in [0.05, 0.1) is 22.0 Å². The lowest BCUT2D eigenvalue weighted by atomic mass is 10.2. The van der Waals surface area contributed by atoms with Crippen LogP contribution in [0.2, 0.25) is 0 Å². The molecule has 1 N–H and O–H groups in total. The molecule has 0 radical (unpaired) electrons. The molecular weight excluding hydrogens is 342 g/mol. The van der Waals surface area contributed by atoms with E-state index in [4.69, 9.17) is 5.26 Å². The van der Waals surface area contributed by atoms with Gasteiger partial charge in [-0.1, -0.05) is 11.8 Å². The minimum atomic E-state index is -3.43. The molecule has 0 atom stereocenters. The molecule has 0 saturated heterocycles. The third-order valence-electron chi connectivity index (χ3n) is 3.66. The molecule has 24 heavy (non-hydrogen) atoms. The second-order valence-electron chi connectivity index (χ2n) is 5.24. The molecule has 0 aliphatic heterocycles. The Morgan fingerprint density at radius 2 is 1.92 bits per heavy atom. The van der Waals surface area contributed by atoms with E-state index in [1.807, 2.05) is 29.8 Å². The highest BCUT2D eigenvalue weighted by Crippen LogP contribution is 2.35. The van der Waals surface area contributed by atoms with Crippen LogP contribution >= 0.6 is 11.8 Å². The maximum Gasteiger partial charge on any atom is 0.240 e. The van der Waals surface area contributed by atoms with Gasteiger partial charge < -0.3 is 4.40 Å². The summed E-state index contributed by atoms with van der Waals surface area (Å²) in [5, 5.41) is 9.09. The molecule has 2 aromatic heterocycles. The Balaban J connectivity index is 1.98. The van der Waals surface area contributed by atoms with Crippen LogP contribution in [-0.2, 0) is 10.0 Å². The lowest BCUT2D eigenvalue weighted by molar-refractivity contribution is 0.588. The van der Waals surface area contributed by atoms with Gasteiger partial charge in [0.1, 0.15) is 0 Å². The van der Waals surface area contributed by atoms with Crippen LogP contribution in [0.3, 0.4) is 0 Å². The quantitative estimate of drug-likeness (QED) is 0.778. The molecule has 2 heterocycles. The van der Waals surface area contributed by atoms with E-state index >= 15 is 0 Å². The molecule has 7 heteroatoms. The fourth-order valence-electron chi connectivity index (χ4n) is 2.40. The minimum Gasteiger partial charge on any atom is -0.322 e. The third-order valence-corrected chi connectivity index (χ3v) is 6.33. The zero-order valence-corrected chi connectivity index (χ0v) is 14.8. The van der Waals surface area contributed by atoms with E-state index in [0.29, 0.717) is 5.56 Å². The first-order chi connectivity index (χ1) is 11.4. The van der Waals surface area contributed by atoms with Crippen LogP contribution in [-0.4, -0.2) is 19.9 Å². The molecule has 0 saturated carbocycles. The van der Waals surface area contributed by atoms with Crippen LogP contribution in [0, 0.1) is 18.3 Å². The highest BCUT2D eigenvalue weighted by atomic mass is 32.2. The molecular formula is C17H15N3O2S2. The Morgan fingerprint density at radius 3 is 2.54 bits per heavy atom. The maximum atomic E-state index is 11.8. The highest BCUT2D eigenvalue weighted by molar-refractivity contribution is 7.99. The van der Waals surface area contributed by atoms with Crippen molar-refractivity contribution in [3.8, 4) is 6.07 Å². The van der Waals surface area contributed by atoms with Crippen molar-refractivity contribution < 1.29 is 8.42 Å². The average molecular weight is 357 g/mol. The summed E-state index contributed by atoms with van der Waals surface area (Å²) < 4.78 is 27.8. The van der Waals surface area contributed by atoms with Crippen LogP contribution in [0.1, 0.15) is 11.1 Å². The molecule has 0 unspecified atom stereocenters. The van der Waals surface area contributed by atoms with Gasteiger partial charge in [-0.05, 0) is 55.9 Å². The topological polar surface area (TPSA) is 74.4 Å². The smallest absolute Gasteiger partial charge is 0.240 e. The summed E-state index contributed by atoms with van der Waals surface area (Å²) >= 11 is 1.55. The zero-order valence-electron chi connectivity index (χ0n) is 13.1. The number of hydrogen-bond donors (Lipinski definition) is 1. The first kappa shape index (κ1) is 16.6. The molecule has 1 aromatic carbocycles. The number of pyridine rings is 1. The number of fused-ring (bicyclic) bond motifs is 1. The highest BCUT2D eigenvalue weighted by Gasteiger charge is 2.13. The average Bonchev–Trinajstić information content (AvgIpc) is 2.90. The van der Waals surface area contributed by atoms with Gasteiger partial charge in [-0.2, -0.15) is 5.26 Å². The van der Waals surface area contributed by atoms with Crippen molar-refractivity contribution in [2.75, 3.05) is 7.05 Å². The zero-order chi connectivity index (χ0) is 17.3. The second-order valence-corrected chi connectivity index (χ2v) is 8.21. The number of aryl methyl sites for hydroxylation is 1. The Hall–Kier alpha value is -2.27. The summed E-state index contributed by atoms with van der Waals surface area (Å²) in [6.45, 7) is 2.02. The van der Waals surface area contributed by atoms with Gasteiger partial charge >= 0.3 is 0 Å². The van der Waals surface area contributed by atoms with Gasteiger partial charge in [0.15, 0.2) is 0 Å². The predicted molar refractivity (Wildman–Crippen MR) is 93.7 cm³/mol. The summed E-state index contributed by atoms with van der Waals surface area (Å²) in [6.07, 6.45) is 3.88. The predicted octanol–water partition coefficient (Wildman–Crippen LogP) is 3.18. The number of rotatable bonds is 4. The van der Waals surface area contributed by atoms with Gasteiger partial charge in [0, 0.05) is 22.2 Å². The van der Waals surface area contributed by atoms with Crippen molar-refractivity contribution in [1.29, 1.82) is 5.26 Å². The van der Waals surface area contributed by atoms with Crippen molar-refractivity contribution >= 4 is 27.3 Å². The Morgan fingerprint density at radius 1 is 1.21 bits per heavy atom. The van der Waals surface area contributed by atoms with Crippen molar-refractivity contribution in [3.63, 3.8) is 0 Å². The number of nitriles is 1. The SMILES string of the molecule is CNS(=O)(=O)c1ccc(Sc2c(C)cn3ccc(C#N)cc23)cc1. The summed E-state index contributed by atoms with van der Waals surface area (Å²) in [5.74, 6) is 0. The van der Waals surface area contributed by atoms with Crippen molar-refractivity contribution in [1.82, 2.24) is 9.12 Å². The number of benzene rings is 1. The lowest BCUT2D eigenvalue weighted by Gasteiger charge is -2.05. The van der Waals surface area contributed by atoms with Crippen LogP contribution in [0.15, 0.2) is 63.5 Å². The molecule has 0 aliphatic rings. The normalized spacial score (nSPS) is 11.5. The number of nitrogens with zero attached hydrogens (tertiary/aromatic N) is 2. The molecule has 0 amide bonds. The van der Waals surface area contributed by atoms with Gasteiger partial charge in [0.25, 0.3) is 0 Å². The van der Waals surface area contributed by atoms with Gasteiger partial charge in [-0.15, -0.1) is 0 Å². The van der Waals surface area contributed by atoms with Gasteiger partial charge in [-0.3, -0.25) is 0 Å². The van der Waals surface area contributed by atoms with Crippen LogP contribution < -0.4 is 4.72 Å². The third kappa shape index (κ3) is 3.04. The minimum absolute atomic E-state index is 0.236. The fourth-order valence-corrected chi connectivity index (χ4v) is 4.12. The summed E-state index contributed by atoms with van der Waals surface area (Å²) in [7, 11) is -2.04. The van der Waals surface area contributed by atoms with E-state index in [2.05, 4.69) is 10.8 Å². The molecule has 122 valence electrons. The fraction of sp³-hybridized carbons (Fsp3) is 0.118. The summed E-state index contributed by atoms with van der Waals surface area (Å²) in [6, 6.07) is 12.5. The van der Waals surface area contributed by atoms with Crippen LogP contribution in [0.5, 0.6) is 0 Å². The first-order valence-electron chi connectivity index (χ1n) is 7.17. The number of nitrogens with one attached hydrogen (secondary N) is 1. The largest absolute Gasteiger partial charge is 0.322 e. The molecule has 0 bridgehead atoms. The number of aromatic nitrogens is 1. The molecule has 3 aromatic rings.